The van der Waals surface area contributed by atoms with Crippen LogP contribution in [0.25, 0.3) is 0 Å². The second-order valence-corrected chi connectivity index (χ2v) is 12.1. The molecule has 1 aliphatic heterocycles. The zero-order chi connectivity index (χ0) is 23.5. The van der Waals surface area contributed by atoms with Gasteiger partial charge in [0, 0.05) is 17.3 Å². The Labute approximate surface area is 197 Å². The van der Waals surface area contributed by atoms with Crippen molar-refractivity contribution in [2.75, 3.05) is 17.6 Å². The number of carbonyl (C=O) groups is 2. The second-order valence-electron chi connectivity index (χ2n) is 8.47. The predicted octanol–water partition coefficient (Wildman–Crippen LogP) is 3.15. The van der Waals surface area contributed by atoms with Crippen LogP contribution in [0.2, 0.25) is 5.02 Å². The van der Waals surface area contributed by atoms with Gasteiger partial charge in [-0.15, -0.1) is 11.8 Å². The van der Waals surface area contributed by atoms with Crippen molar-refractivity contribution in [2.24, 2.45) is 0 Å². The summed E-state index contributed by atoms with van der Waals surface area (Å²) in [6, 6.07) is 13.4. The lowest BCUT2D eigenvalue weighted by molar-refractivity contribution is -0.122. The maximum Gasteiger partial charge on any atom is 0.241 e. The minimum Gasteiger partial charge on any atom is -0.331 e. The molecule has 0 aromatic heterocycles. The molecule has 0 saturated carbocycles. The molecule has 0 spiro atoms. The molecule has 2 amide bonds. The van der Waals surface area contributed by atoms with Crippen LogP contribution in [0.5, 0.6) is 0 Å². The van der Waals surface area contributed by atoms with Crippen molar-refractivity contribution in [3.8, 4) is 0 Å². The highest BCUT2D eigenvalue weighted by Crippen LogP contribution is 2.25. The topological polar surface area (TPSA) is 104 Å². The summed E-state index contributed by atoms with van der Waals surface area (Å²) in [7, 11) is -3.85. The molecule has 0 radical (unpaired) electrons. The van der Waals surface area contributed by atoms with E-state index >= 15 is 0 Å². The third-order valence-corrected chi connectivity index (χ3v) is 8.34. The van der Waals surface area contributed by atoms with Crippen LogP contribution < -0.4 is 16.0 Å². The van der Waals surface area contributed by atoms with Gasteiger partial charge >= 0.3 is 0 Å². The summed E-state index contributed by atoms with van der Waals surface area (Å²) in [6.45, 7) is 6.10. The summed E-state index contributed by atoms with van der Waals surface area (Å²) >= 11 is 6.99. The zero-order valence-corrected chi connectivity index (χ0v) is 20.4. The highest BCUT2D eigenvalue weighted by Gasteiger charge is 2.38. The quantitative estimate of drug-likeness (QED) is 0.568. The summed E-state index contributed by atoms with van der Waals surface area (Å²) in [5.41, 5.74) is 0.963. The van der Waals surface area contributed by atoms with Gasteiger partial charge in [0.05, 0.1) is 10.6 Å². The van der Waals surface area contributed by atoms with Crippen LogP contribution in [0.4, 0.5) is 5.69 Å². The van der Waals surface area contributed by atoms with Crippen molar-refractivity contribution in [3.63, 3.8) is 0 Å². The van der Waals surface area contributed by atoms with E-state index in [-0.39, 0.29) is 28.5 Å². The molecule has 2 aromatic rings. The Morgan fingerprint density at radius 1 is 1.12 bits per heavy atom. The van der Waals surface area contributed by atoms with Gasteiger partial charge in [0.15, 0.2) is 15.1 Å². The fourth-order valence-corrected chi connectivity index (χ4v) is 5.57. The number of amides is 2. The van der Waals surface area contributed by atoms with Crippen LogP contribution >= 0.6 is 23.4 Å². The first-order valence-corrected chi connectivity index (χ1v) is 13.0. The van der Waals surface area contributed by atoms with Crippen LogP contribution in [-0.2, 0) is 24.8 Å². The number of hydrogen-bond donors (Lipinski definition) is 3. The molecule has 2 atom stereocenters. The van der Waals surface area contributed by atoms with Gasteiger partial charge in [0.25, 0.3) is 0 Å². The average Bonchev–Trinajstić information content (AvgIpc) is 2.73. The maximum absolute atomic E-state index is 13.0. The van der Waals surface area contributed by atoms with Crippen LogP contribution in [0.15, 0.2) is 53.4 Å². The Hall–Kier alpha value is -2.07. The van der Waals surface area contributed by atoms with E-state index in [1.807, 2.05) is 20.8 Å². The van der Waals surface area contributed by atoms with E-state index in [0.717, 1.165) is 5.56 Å². The number of benzene rings is 2. The zero-order valence-electron chi connectivity index (χ0n) is 18.0. The number of rotatable bonds is 6. The lowest BCUT2D eigenvalue weighted by Gasteiger charge is -2.29. The van der Waals surface area contributed by atoms with E-state index in [4.69, 9.17) is 11.6 Å². The van der Waals surface area contributed by atoms with Crippen molar-refractivity contribution < 1.29 is 18.0 Å². The fraction of sp³-hybridized carbons (Fsp3) is 0.364. The highest BCUT2D eigenvalue weighted by molar-refractivity contribution is 8.00. The molecular formula is C22H26ClN3O4S2. The number of halogens is 1. The van der Waals surface area contributed by atoms with E-state index in [1.54, 1.807) is 48.5 Å². The second kappa shape index (κ2) is 9.82. The first-order chi connectivity index (χ1) is 15.0. The molecule has 172 valence electrons. The number of anilines is 1. The third kappa shape index (κ3) is 6.04. The normalized spacial score (nSPS) is 19.3. The van der Waals surface area contributed by atoms with Gasteiger partial charge in [0.2, 0.25) is 11.8 Å². The number of hydrogen-bond acceptors (Lipinski definition) is 6. The maximum atomic E-state index is 13.0. The first kappa shape index (κ1) is 24.6. The van der Waals surface area contributed by atoms with Crippen molar-refractivity contribution in [2.45, 2.75) is 41.8 Å². The molecule has 2 aromatic carbocycles. The Morgan fingerprint density at radius 3 is 2.31 bits per heavy atom. The molecule has 32 heavy (non-hydrogen) atoms. The Morgan fingerprint density at radius 2 is 1.75 bits per heavy atom. The van der Waals surface area contributed by atoms with Crippen molar-refractivity contribution >= 4 is 50.7 Å². The molecule has 2 unspecified atom stereocenters. The molecule has 0 aliphatic carbocycles. The molecule has 0 bridgehead atoms. The predicted molar refractivity (Wildman–Crippen MR) is 129 cm³/mol. The van der Waals surface area contributed by atoms with Gasteiger partial charge in [-0.05, 0) is 47.4 Å². The Balaban J connectivity index is 1.55. The van der Waals surface area contributed by atoms with E-state index < -0.39 is 26.5 Å². The molecule has 1 fully saturated rings. The average molecular weight is 496 g/mol. The SMILES string of the molecule is CC(C)(C)c1ccc(S(=O)(=O)C2CNC(SCC(=O)Nc3ccc(Cl)cc3)NC2=O)cc1. The van der Waals surface area contributed by atoms with Crippen LogP contribution in [0, 0.1) is 0 Å². The largest absolute Gasteiger partial charge is 0.331 e. The number of nitrogens with one attached hydrogen (secondary N) is 3. The standard InChI is InChI=1S/C22H26ClN3O4S2/c1-22(2,3)14-4-10-17(11-5-14)32(29,30)18-12-24-21(26-20(18)28)31-13-19(27)25-16-8-6-15(23)7-9-16/h4-11,18,21,24H,12-13H2,1-3H3,(H,25,27)(H,26,28). The van der Waals surface area contributed by atoms with Crippen LogP contribution in [0.1, 0.15) is 26.3 Å². The Kier molecular flexibility index (Phi) is 7.54. The first-order valence-electron chi connectivity index (χ1n) is 10.0. The van der Waals surface area contributed by atoms with Gasteiger partial charge in [0.1, 0.15) is 5.50 Å². The third-order valence-electron chi connectivity index (χ3n) is 4.99. The summed E-state index contributed by atoms with van der Waals surface area (Å²) in [4.78, 5) is 24.8. The minimum atomic E-state index is -3.85. The summed E-state index contributed by atoms with van der Waals surface area (Å²) in [5.74, 6) is -0.756. The molecule has 1 saturated heterocycles. The molecular weight excluding hydrogens is 470 g/mol. The molecule has 3 rings (SSSR count). The fourth-order valence-electron chi connectivity index (χ4n) is 3.13. The number of sulfone groups is 1. The van der Waals surface area contributed by atoms with Gasteiger partial charge in [-0.3, -0.25) is 14.9 Å². The molecule has 10 heteroatoms. The summed E-state index contributed by atoms with van der Waals surface area (Å²) < 4.78 is 26.0. The van der Waals surface area contributed by atoms with E-state index in [9.17, 15) is 18.0 Å². The van der Waals surface area contributed by atoms with Gasteiger partial charge in [-0.2, -0.15) is 0 Å². The summed E-state index contributed by atoms with van der Waals surface area (Å²) in [5, 5.41) is 7.70. The highest BCUT2D eigenvalue weighted by atomic mass is 35.5. The molecule has 7 nitrogen and oxygen atoms in total. The molecule has 1 aliphatic rings. The van der Waals surface area contributed by atoms with Gasteiger partial charge < -0.3 is 10.6 Å². The lowest BCUT2D eigenvalue weighted by Crippen LogP contribution is -2.59. The van der Waals surface area contributed by atoms with E-state index in [2.05, 4.69) is 16.0 Å². The van der Waals surface area contributed by atoms with Crippen molar-refractivity contribution in [1.82, 2.24) is 10.6 Å². The molecule has 1 heterocycles. The van der Waals surface area contributed by atoms with Crippen molar-refractivity contribution in [3.05, 3.63) is 59.1 Å². The number of thioether (sulfide) groups is 1. The van der Waals surface area contributed by atoms with E-state index in [0.29, 0.717) is 10.7 Å². The minimum absolute atomic E-state index is 0.0361. The van der Waals surface area contributed by atoms with Crippen molar-refractivity contribution in [1.29, 1.82) is 0 Å². The monoisotopic (exact) mass is 495 g/mol. The van der Waals surface area contributed by atoms with E-state index in [1.165, 1.54) is 11.8 Å². The summed E-state index contributed by atoms with van der Waals surface area (Å²) in [6.07, 6.45) is 0. The van der Waals surface area contributed by atoms with Crippen LogP contribution in [-0.4, -0.2) is 43.3 Å². The lowest BCUT2D eigenvalue weighted by atomic mass is 9.87. The van der Waals surface area contributed by atoms with Crippen LogP contribution in [0.3, 0.4) is 0 Å². The number of carbonyl (C=O) groups excluding carboxylic acids is 2. The van der Waals surface area contributed by atoms with Gasteiger partial charge in [-0.25, -0.2) is 8.42 Å². The molecule has 3 N–H and O–H groups in total. The Bertz CT molecular complexity index is 1080. The smallest absolute Gasteiger partial charge is 0.241 e. The van der Waals surface area contributed by atoms with Gasteiger partial charge in [-0.1, -0.05) is 44.5 Å².